The number of nitrogens with zero attached hydrogens (tertiary/aromatic N) is 2. The van der Waals surface area contributed by atoms with E-state index in [1.807, 2.05) is 22.6 Å². The summed E-state index contributed by atoms with van der Waals surface area (Å²) in [6.45, 7) is 1.33. The summed E-state index contributed by atoms with van der Waals surface area (Å²) in [4.78, 5) is 14.6. The molecule has 0 radical (unpaired) electrons. The second-order valence-electron chi connectivity index (χ2n) is 5.50. The molecule has 0 atom stereocenters. The van der Waals surface area contributed by atoms with E-state index in [4.69, 9.17) is 12.2 Å². The van der Waals surface area contributed by atoms with Crippen molar-refractivity contribution < 1.29 is 0 Å². The third-order valence-electron chi connectivity index (χ3n) is 4.07. The topological polar surface area (TPSA) is 37.3 Å². The Hall–Kier alpha value is -1.88. The van der Waals surface area contributed by atoms with Crippen LogP contribution in [0.15, 0.2) is 29.1 Å². The van der Waals surface area contributed by atoms with Crippen molar-refractivity contribution in [3.63, 3.8) is 0 Å². The van der Waals surface area contributed by atoms with Gasteiger partial charge in [-0.3, -0.25) is 4.79 Å². The molecule has 1 aromatic carbocycles. The smallest absolute Gasteiger partial charge is 0.256 e. The van der Waals surface area contributed by atoms with Crippen molar-refractivity contribution in [2.75, 3.05) is 14.1 Å². The van der Waals surface area contributed by atoms with Crippen LogP contribution in [0, 0.1) is 0 Å². The Morgan fingerprint density at radius 2 is 2.29 bits per heavy atom. The Morgan fingerprint density at radius 3 is 3.05 bits per heavy atom. The van der Waals surface area contributed by atoms with Gasteiger partial charge in [-0.15, -0.1) is 0 Å². The summed E-state index contributed by atoms with van der Waals surface area (Å²) in [6.07, 6.45) is 2.08. The molecule has 5 heteroatoms. The number of pyridine rings is 1. The third kappa shape index (κ3) is 2.42. The van der Waals surface area contributed by atoms with E-state index in [-0.39, 0.29) is 5.56 Å². The summed E-state index contributed by atoms with van der Waals surface area (Å²) in [5.74, 6) is 0. The van der Waals surface area contributed by atoms with Gasteiger partial charge in [-0.1, -0.05) is 18.2 Å². The highest BCUT2D eigenvalue weighted by molar-refractivity contribution is 7.80. The van der Waals surface area contributed by atoms with Crippen LogP contribution in [0.4, 0.5) is 0 Å². The maximum Gasteiger partial charge on any atom is 0.256 e. The fraction of sp³-hybridized carbons (Fsp3) is 0.375. The summed E-state index contributed by atoms with van der Waals surface area (Å²) >= 11 is 5.22. The zero-order chi connectivity index (χ0) is 15.0. The number of thiocarbonyl (C=S) groups is 1. The minimum atomic E-state index is 0.111. The highest BCUT2D eigenvalue weighted by Crippen LogP contribution is 2.24. The summed E-state index contributed by atoms with van der Waals surface area (Å²) in [5.41, 5.74) is 3.29. The van der Waals surface area contributed by atoms with Gasteiger partial charge in [0, 0.05) is 26.2 Å². The van der Waals surface area contributed by atoms with Gasteiger partial charge in [0.15, 0.2) is 5.11 Å². The fourth-order valence-electron chi connectivity index (χ4n) is 3.06. The third-order valence-corrected chi connectivity index (χ3v) is 4.58. The van der Waals surface area contributed by atoms with Gasteiger partial charge < -0.3 is 14.8 Å². The Labute approximate surface area is 129 Å². The molecule has 0 fully saturated rings. The molecule has 110 valence electrons. The number of para-hydroxylation sites is 1. The largest absolute Gasteiger partial charge is 0.366 e. The van der Waals surface area contributed by atoms with Crippen molar-refractivity contribution >= 4 is 28.2 Å². The van der Waals surface area contributed by atoms with E-state index >= 15 is 0 Å². The summed E-state index contributed by atoms with van der Waals surface area (Å²) in [6, 6.07) is 8.29. The predicted molar refractivity (Wildman–Crippen MR) is 89.7 cm³/mol. The lowest BCUT2D eigenvalue weighted by Crippen LogP contribution is -2.37. The summed E-state index contributed by atoms with van der Waals surface area (Å²) in [5, 5.41) is 4.72. The number of aromatic nitrogens is 1. The molecule has 3 rings (SSSR count). The molecule has 2 heterocycles. The van der Waals surface area contributed by atoms with E-state index in [1.165, 1.54) is 5.56 Å². The molecular formula is C16H19N3OS. The standard InChI is InChI=1S/C16H19N3OS/c1-17-16(21)18(2)10-13-9-12-6-3-5-11-7-4-8-19(14(11)12)15(13)20/h3,5-6,9H,4,7-8,10H2,1-2H3,(H,17,21). The van der Waals surface area contributed by atoms with Crippen molar-refractivity contribution in [1.29, 1.82) is 0 Å². The Kier molecular flexibility index (Phi) is 3.68. The number of nitrogens with one attached hydrogen (secondary N) is 1. The fourth-order valence-corrected chi connectivity index (χ4v) is 3.12. The highest BCUT2D eigenvalue weighted by atomic mass is 32.1. The Bertz CT molecular complexity index is 766. The molecule has 21 heavy (non-hydrogen) atoms. The minimum absolute atomic E-state index is 0.111. The second kappa shape index (κ2) is 5.48. The van der Waals surface area contributed by atoms with Crippen molar-refractivity contribution in [2.24, 2.45) is 0 Å². The number of aryl methyl sites for hydroxylation is 2. The van der Waals surface area contributed by atoms with E-state index < -0.39 is 0 Å². The molecule has 0 saturated carbocycles. The quantitative estimate of drug-likeness (QED) is 0.860. The van der Waals surface area contributed by atoms with Crippen LogP contribution in [-0.2, 0) is 19.5 Å². The predicted octanol–water partition coefficient (Wildman–Crippen LogP) is 1.88. The monoisotopic (exact) mass is 301 g/mol. The van der Waals surface area contributed by atoms with Crippen LogP contribution < -0.4 is 10.9 Å². The molecule has 1 aliphatic rings. The molecule has 1 aromatic heterocycles. The molecule has 4 nitrogen and oxygen atoms in total. The van der Waals surface area contributed by atoms with Crippen molar-refractivity contribution in [2.45, 2.75) is 25.9 Å². The second-order valence-corrected chi connectivity index (χ2v) is 5.88. The first-order chi connectivity index (χ1) is 10.1. The molecule has 2 aromatic rings. The molecule has 0 aliphatic carbocycles. The maximum absolute atomic E-state index is 12.7. The van der Waals surface area contributed by atoms with Gasteiger partial charge >= 0.3 is 0 Å². The molecule has 0 bridgehead atoms. The van der Waals surface area contributed by atoms with E-state index in [0.717, 1.165) is 35.9 Å². The number of hydrogen-bond donors (Lipinski definition) is 1. The lowest BCUT2D eigenvalue weighted by Gasteiger charge is -2.23. The van der Waals surface area contributed by atoms with Crippen molar-refractivity contribution in [3.05, 3.63) is 45.7 Å². The Balaban J connectivity index is 2.12. The molecule has 0 unspecified atom stereocenters. The number of rotatable bonds is 2. The van der Waals surface area contributed by atoms with Gasteiger partial charge in [0.1, 0.15) is 0 Å². The first-order valence-corrected chi connectivity index (χ1v) is 7.60. The Morgan fingerprint density at radius 1 is 1.48 bits per heavy atom. The molecule has 0 amide bonds. The van der Waals surface area contributed by atoms with Crippen LogP contribution >= 0.6 is 12.2 Å². The molecule has 0 spiro atoms. The van der Waals surface area contributed by atoms with E-state index in [0.29, 0.717) is 11.7 Å². The van der Waals surface area contributed by atoms with Crippen molar-refractivity contribution in [1.82, 2.24) is 14.8 Å². The first-order valence-electron chi connectivity index (χ1n) is 7.19. The van der Waals surface area contributed by atoms with Crippen LogP contribution in [0.1, 0.15) is 17.5 Å². The van der Waals surface area contributed by atoms with Gasteiger partial charge in [0.2, 0.25) is 0 Å². The first kappa shape index (κ1) is 14.1. The molecule has 0 saturated heterocycles. The van der Waals surface area contributed by atoms with E-state index in [2.05, 4.69) is 23.5 Å². The van der Waals surface area contributed by atoms with Crippen molar-refractivity contribution in [3.8, 4) is 0 Å². The lowest BCUT2D eigenvalue weighted by atomic mass is 10.00. The molecular weight excluding hydrogens is 282 g/mol. The lowest BCUT2D eigenvalue weighted by molar-refractivity contribution is 0.487. The number of benzene rings is 1. The van der Waals surface area contributed by atoms with Gasteiger partial charge in [-0.05, 0) is 42.1 Å². The average molecular weight is 301 g/mol. The van der Waals surface area contributed by atoms with E-state index in [1.54, 1.807) is 7.05 Å². The highest BCUT2D eigenvalue weighted by Gasteiger charge is 2.17. The van der Waals surface area contributed by atoms with E-state index in [9.17, 15) is 4.79 Å². The average Bonchev–Trinajstić information content (AvgIpc) is 2.51. The van der Waals surface area contributed by atoms with Gasteiger partial charge in [0.05, 0.1) is 12.1 Å². The molecule has 1 N–H and O–H groups in total. The zero-order valence-electron chi connectivity index (χ0n) is 12.3. The van der Waals surface area contributed by atoms with Gasteiger partial charge in [0.25, 0.3) is 5.56 Å². The van der Waals surface area contributed by atoms with Crippen LogP contribution in [0.2, 0.25) is 0 Å². The number of hydrogen-bond acceptors (Lipinski definition) is 2. The van der Waals surface area contributed by atoms with Crippen LogP contribution in [0.3, 0.4) is 0 Å². The summed E-state index contributed by atoms with van der Waals surface area (Å²) < 4.78 is 1.93. The van der Waals surface area contributed by atoms with Gasteiger partial charge in [-0.2, -0.15) is 0 Å². The zero-order valence-corrected chi connectivity index (χ0v) is 13.2. The SMILES string of the molecule is CNC(=S)N(C)Cc1cc2cccc3c2n(c1=O)CCC3. The van der Waals surface area contributed by atoms with Gasteiger partial charge in [-0.25, -0.2) is 0 Å². The molecule has 1 aliphatic heterocycles. The van der Waals surface area contributed by atoms with Crippen LogP contribution in [0.25, 0.3) is 10.9 Å². The summed E-state index contributed by atoms with van der Waals surface area (Å²) in [7, 11) is 3.69. The van der Waals surface area contributed by atoms with Crippen LogP contribution in [-0.4, -0.2) is 28.7 Å². The normalized spacial score (nSPS) is 13.2. The maximum atomic E-state index is 12.7. The van der Waals surface area contributed by atoms with Crippen LogP contribution in [0.5, 0.6) is 0 Å². The minimum Gasteiger partial charge on any atom is -0.366 e.